The number of carbonyl (C=O) groups is 3. The smallest absolute Gasteiger partial charge is 0.309 e. The summed E-state index contributed by atoms with van der Waals surface area (Å²) in [7, 11) is 0. The molecule has 2 fully saturated rings. The second-order valence-corrected chi connectivity index (χ2v) is 13.0. The van der Waals surface area contributed by atoms with Crippen molar-refractivity contribution in [1.29, 1.82) is 0 Å². The van der Waals surface area contributed by atoms with Crippen molar-refractivity contribution in [3.63, 3.8) is 0 Å². The largest absolute Gasteiger partial charge is 0.461 e. The van der Waals surface area contributed by atoms with E-state index in [1.165, 1.54) is 0 Å². The number of benzene rings is 1. The topological polar surface area (TPSA) is 81.7 Å². The molecule has 0 aromatic heterocycles. The van der Waals surface area contributed by atoms with Gasteiger partial charge in [-0.1, -0.05) is 65.5 Å². The molecule has 0 aliphatic heterocycles. The highest BCUT2D eigenvalue weighted by atomic mass is 79.9. The maximum absolute atomic E-state index is 13.7. The predicted molar refractivity (Wildman–Crippen MR) is 153 cm³/mol. The van der Waals surface area contributed by atoms with Crippen LogP contribution in [0.15, 0.2) is 30.3 Å². The molecular formula is C31H46BrNO5. The molecule has 6 nitrogen and oxygen atoms in total. The summed E-state index contributed by atoms with van der Waals surface area (Å²) in [5.74, 6) is -0.625. The third-order valence-corrected chi connectivity index (χ3v) is 8.54. The van der Waals surface area contributed by atoms with Gasteiger partial charge >= 0.3 is 11.9 Å². The van der Waals surface area contributed by atoms with Gasteiger partial charge in [0.2, 0.25) is 5.91 Å². The van der Waals surface area contributed by atoms with E-state index < -0.39 is 11.0 Å². The Bertz CT molecular complexity index is 899. The van der Waals surface area contributed by atoms with E-state index in [4.69, 9.17) is 9.47 Å². The quantitative estimate of drug-likeness (QED) is 0.163. The third kappa shape index (κ3) is 9.39. The molecule has 2 aliphatic rings. The number of halogens is 1. The van der Waals surface area contributed by atoms with Gasteiger partial charge in [-0.15, -0.1) is 0 Å². The van der Waals surface area contributed by atoms with E-state index in [0.29, 0.717) is 13.0 Å². The molecule has 1 amide bonds. The van der Waals surface area contributed by atoms with Gasteiger partial charge in [-0.05, 0) is 84.1 Å². The van der Waals surface area contributed by atoms with Crippen molar-refractivity contribution in [2.24, 2.45) is 17.3 Å². The molecule has 1 aromatic carbocycles. The lowest BCUT2D eigenvalue weighted by Crippen LogP contribution is -2.47. The fraction of sp³-hybridized carbons (Fsp3) is 0.710. The Morgan fingerprint density at radius 3 is 2.29 bits per heavy atom. The van der Waals surface area contributed by atoms with Crippen molar-refractivity contribution in [2.75, 3.05) is 5.33 Å². The van der Waals surface area contributed by atoms with Crippen molar-refractivity contribution < 1.29 is 23.9 Å². The Balaban J connectivity index is 1.55. The highest BCUT2D eigenvalue weighted by Gasteiger charge is 2.45. The van der Waals surface area contributed by atoms with Crippen LogP contribution in [-0.4, -0.2) is 34.8 Å². The Morgan fingerprint density at radius 1 is 1.03 bits per heavy atom. The van der Waals surface area contributed by atoms with Crippen LogP contribution in [0.2, 0.25) is 0 Å². The summed E-state index contributed by atoms with van der Waals surface area (Å²) in [6, 6.07) is 9.78. The Labute approximate surface area is 237 Å². The lowest BCUT2D eigenvalue weighted by molar-refractivity contribution is -0.162. The van der Waals surface area contributed by atoms with Crippen LogP contribution >= 0.6 is 15.9 Å². The molecular weight excluding hydrogens is 546 g/mol. The Hall–Kier alpha value is -1.89. The average Bonchev–Trinajstić information content (AvgIpc) is 3.37. The molecule has 0 bridgehead atoms. The molecule has 2 saturated carbocycles. The first-order valence-electron chi connectivity index (χ1n) is 14.4. The van der Waals surface area contributed by atoms with Gasteiger partial charge in [0, 0.05) is 11.4 Å². The maximum atomic E-state index is 13.7. The van der Waals surface area contributed by atoms with E-state index in [0.717, 1.165) is 81.5 Å². The molecule has 0 spiro atoms. The second kappa shape index (κ2) is 14.5. The molecule has 1 aromatic rings. The van der Waals surface area contributed by atoms with Crippen LogP contribution in [0.1, 0.15) is 103 Å². The van der Waals surface area contributed by atoms with Crippen LogP contribution in [-0.2, 0) is 30.5 Å². The summed E-state index contributed by atoms with van der Waals surface area (Å²) in [6.07, 6.45) is 9.86. The van der Waals surface area contributed by atoms with Crippen molar-refractivity contribution in [2.45, 2.75) is 116 Å². The molecule has 1 unspecified atom stereocenters. The van der Waals surface area contributed by atoms with Gasteiger partial charge in [-0.2, -0.15) is 0 Å². The summed E-state index contributed by atoms with van der Waals surface area (Å²) in [4.78, 5) is 39.4. The number of esters is 2. The molecule has 0 heterocycles. The number of carbonyl (C=O) groups excluding carboxylic acids is 3. The van der Waals surface area contributed by atoms with Crippen LogP contribution in [0.25, 0.3) is 0 Å². The number of ether oxygens (including phenoxy) is 2. The van der Waals surface area contributed by atoms with E-state index in [1.54, 1.807) is 0 Å². The number of hydrogen-bond acceptors (Lipinski definition) is 5. The standard InChI is InChI=1S/C31H46BrNO5/c1-30(2,3)38-28(35)25(13-7-10-20-32)21-31(18-8-9-19-31)29(36)33-26-16-14-24(15-17-26)27(34)37-22-23-11-5-4-6-12-23/h4-6,11-12,24-26H,7-10,13-22H2,1-3H3,(H,33,36)/t24-,25?,26+. The zero-order valence-electron chi connectivity index (χ0n) is 23.4. The van der Waals surface area contributed by atoms with Crippen molar-refractivity contribution >= 4 is 33.8 Å². The van der Waals surface area contributed by atoms with Gasteiger partial charge < -0.3 is 14.8 Å². The molecule has 2 aliphatic carbocycles. The predicted octanol–water partition coefficient (Wildman–Crippen LogP) is 6.88. The molecule has 38 heavy (non-hydrogen) atoms. The number of alkyl halides is 1. The summed E-state index contributed by atoms with van der Waals surface area (Å²) in [5, 5.41) is 4.23. The van der Waals surface area contributed by atoms with E-state index in [9.17, 15) is 14.4 Å². The van der Waals surface area contributed by atoms with Crippen molar-refractivity contribution in [3.05, 3.63) is 35.9 Å². The van der Waals surface area contributed by atoms with E-state index in [-0.39, 0.29) is 35.7 Å². The van der Waals surface area contributed by atoms with Crippen LogP contribution in [0.3, 0.4) is 0 Å². The maximum Gasteiger partial charge on any atom is 0.309 e. The SMILES string of the molecule is CC(C)(C)OC(=O)C(CCCCBr)CC1(C(=O)N[C@H]2CC[C@@H](C(=O)OCc3ccccc3)CC2)CCCC1. The van der Waals surface area contributed by atoms with Crippen LogP contribution < -0.4 is 5.32 Å². The third-order valence-electron chi connectivity index (χ3n) is 7.98. The minimum absolute atomic E-state index is 0.0616. The van der Waals surface area contributed by atoms with Gasteiger partial charge in [0.25, 0.3) is 0 Å². The van der Waals surface area contributed by atoms with Crippen molar-refractivity contribution in [1.82, 2.24) is 5.32 Å². The summed E-state index contributed by atoms with van der Waals surface area (Å²) in [6.45, 7) is 5.98. The summed E-state index contributed by atoms with van der Waals surface area (Å²) >= 11 is 3.49. The van der Waals surface area contributed by atoms with Crippen LogP contribution in [0.5, 0.6) is 0 Å². The first kappa shape index (κ1) is 30.6. The zero-order chi connectivity index (χ0) is 27.6. The van der Waals surface area contributed by atoms with Gasteiger partial charge in [-0.3, -0.25) is 14.4 Å². The fourth-order valence-corrected chi connectivity index (χ4v) is 6.28. The average molecular weight is 593 g/mol. The number of hydrogen-bond donors (Lipinski definition) is 1. The molecule has 3 rings (SSSR count). The van der Waals surface area contributed by atoms with Crippen molar-refractivity contribution in [3.8, 4) is 0 Å². The fourth-order valence-electron chi connectivity index (χ4n) is 5.88. The monoisotopic (exact) mass is 591 g/mol. The van der Waals surface area contributed by atoms with Gasteiger partial charge in [0.1, 0.15) is 12.2 Å². The molecule has 1 atom stereocenters. The molecule has 212 valence electrons. The molecule has 7 heteroatoms. The van der Waals surface area contributed by atoms with Gasteiger partial charge in [0.05, 0.1) is 17.3 Å². The number of unbranched alkanes of at least 4 members (excludes halogenated alkanes) is 1. The van der Waals surface area contributed by atoms with Gasteiger partial charge in [-0.25, -0.2) is 0 Å². The minimum Gasteiger partial charge on any atom is -0.461 e. The van der Waals surface area contributed by atoms with Gasteiger partial charge in [0.15, 0.2) is 0 Å². The first-order valence-corrected chi connectivity index (χ1v) is 15.5. The number of amides is 1. The molecule has 0 saturated heterocycles. The molecule has 0 radical (unpaired) electrons. The summed E-state index contributed by atoms with van der Waals surface area (Å²) < 4.78 is 11.3. The molecule has 1 N–H and O–H groups in total. The normalized spacial score (nSPS) is 21.9. The van der Waals surface area contributed by atoms with Crippen LogP contribution in [0, 0.1) is 17.3 Å². The highest BCUT2D eigenvalue weighted by molar-refractivity contribution is 9.09. The second-order valence-electron chi connectivity index (χ2n) is 12.2. The minimum atomic E-state index is -0.545. The summed E-state index contributed by atoms with van der Waals surface area (Å²) in [5.41, 5.74) is -0.0708. The van der Waals surface area contributed by atoms with E-state index in [2.05, 4.69) is 21.2 Å². The van der Waals surface area contributed by atoms with E-state index in [1.807, 2.05) is 51.1 Å². The zero-order valence-corrected chi connectivity index (χ0v) is 25.0. The highest BCUT2D eigenvalue weighted by Crippen LogP contribution is 2.45. The Morgan fingerprint density at radius 2 is 1.68 bits per heavy atom. The Kier molecular flexibility index (Phi) is 11.7. The first-order chi connectivity index (χ1) is 18.1. The van der Waals surface area contributed by atoms with Crippen LogP contribution in [0.4, 0.5) is 0 Å². The number of nitrogens with one attached hydrogen (secondary N) is 1. The lowest BCUT2D eigenvalue weighted by Gasteiger charge is -2.35. The van der Waals surface area contributed by atoms with E-state index >= 15 is 0 Å². The number of rotatable bonds is 12. The lowest BCUT2D eigenvalue weighted by atomic mass is 9.75.